The Morgan fingerprint density at radius 1 is 1.38 bits per heavy atom. The normalized spacial score (nSPS) is 34.0. The van der Waals surface area contributed by atoms with Gasteiger partial charge in [-0.1, -0.05) is 52.7 Å². The number of hydrogen-bond acceptors (Lipinski definition) is 1. The smallest absolute Gasteiger partial charge is 0.0729 e. The Morgan fingerprint density at radius 2 is 1.94 bits per heavy atom. The highest BCUT2D eigenvalue weighted by Gasteiger charge is 2.45. The van der Waals surface area contributed by atoms with Crippen molar-refractivity contribution in [1.29, 1.82) is 0 Å². The van der Waals surface area contributed by atoms with Crippen molar-refractivity contribution >= 4 is 0 Å². The zero-order valence-electron chi connectivity index (χ0n) is 11.8. The molecule has 1 rings (SSSR count). The summed E-state index contributed by atoms with van der Waals surface area (Å²) in [6.45, 7) is 13.7. The van der Waals surface area contributed by atoms with Gasteiger partial charge in [-0.3, -0.25) is 0 Å². The molecule has 0 radical (unpaired) electrons. The first-order valence-electron chi connectivity index (χ1n) is 6.56. The monoisotopic (exact) mass is 224 g/mol. The highest BCUT2D eigenvalue weighted by molar-refractivity contribution is 5.21. The molecule has 0 aromatic carbocycles. The van der Waals surface area contributed by atoms with Crippen molar-refractivity contribution < 1.29 is 5.11 Å². The summed E-state index contributed by atoms with van der Waals surface area (Å²) in [6, 6.07) is 0. The predicted molar refractivity (Wildman–Crippen MR) is 70.3 cm³/mol. The Bertz CT molecular complexity index is 275. The summed E-state index contributed by atoms with van der Waals surface area (Å²) < 4.78 is 0. The summed E-state index contributed by atoms with van der Waals surface area (Å²) in [4.78, 5) is 0. The van der Waals surface area contributed by atoms with E-state index in [4.69, 9.17) is 0 Å². The van der Waals surface area contributed by atoms with Crippen LogP contribution in [0.1, 0.15) is 60.8 Å². The van der Waals surface area contributed by atoms with Crippen LogP contribution in [0, 0.1) is 16.7 Å². The maximum atomic E-state index is 9.85. The first kappa shape index (κ1) is 13.8. The van der Waals surface area contributed by atoms with Crippen LogP contribution >= 0.6 is 0 Å². The van der Waals surface area contributed by atoms with Crippen molar-refractivity contribution in [3.63, 3.8) is 0 Å². The highest BCUT2D eigenvalue weighted by Crippen LogP contribution is 2.53. The molecule has 0 spiro atoms. The Morgan fingerprint density at radius 3 is 2.38 bits per heavy atom. The molecule has 1 N–H and O–H groups in total. The lowest BCUT2D eigenvalue weighted by Gasteiger charge is -2.50. The minimum atomic E-state index is -0.248. The number of aliphatic hydroxyl groups excluding tert-OH is 1. The molecule has 0 amide bonds. The fourth-order valence-electron chi connectivity index (χ4n) is 2.93. The van der Waals surface area contributed by atoms with Crippen LogP contribution in [0.15, 0.2) is 11.6 Å². The molecule has 1 heteroatoms. The number of allylic oxidation sites excluding steroid dienone is 1. The summed E-state index contributed by atoms with van der Waals surface area (Å²) in [7, 11) is 0. The van der Waals surface area contributed by atoms with Crippen molar-refractivity contribution in [3.8, 4) is 0 Å². The molecule has 2 atom stereocenters. The molecule has 1 aliphatic carbocycles. The topological polar surface area (TPSA) is 20.2 Å². The summed E-state index contributed by atoms with van der Waals surface area (Å²) in [5, 5.41) is 9.85. The Kier molecular flexibility index (Phi) is 3.89. The van der Waals surface area contributed by atoms with Gasteiger partial charge in [-0.15, -0.1) is 0 Å². The Balaban J connectivity index is 2.93. The van der Waals surface area contributed by atoms with Crippen molar-refractivity contribution in [2.24, 2.45) is 16.7 Å². The van der Waals surface area contributed by atoms with E-state index < -0.39 is 0 Å². The lowest BCUT2D eigenvalue weighted by molar-refractivity contribution is 0.0354. The third-order valence-electron chi connectivity index (χ3n) is 4.75. The fraction of sp³-hybridized carbons (Fsp3) is 0.867. The molecule has 16 heavy (non-hydrogen) atoms. The average Bonchev–Trinajstić information content (AvgIpc) is 2.10. The van der Waals surface area contributed by atoms with Crippen LogP contribution in [0.4, 0.5) is 0 Å². The van der Waals surface area contributed by atoms with Crippen molar-refractivity contribution in [2.75, 3.05) is 0 Å². The van der Waals surface area contributed by atoms with Gasteiger partial charge in [0.25, 0.3) is 0 Å². The standard InChI is InChI=1S/C15H28O/c1-11(2)7-8-15(6)12(3)9-13(16)10-14(15,4)5/h9,11,13,16H,7-8,10H2,1-6H3/t13-,15?/m1/s1. The average molecular weight is 224 g/mol. The maximum Gasteiger partial charge on any atom is 0.0729 e. The predicted octanol–water partition coefficient (Wildman–Crippen LogP) is 4.17. The first-order chi connectivity index (χ1) is 7.19. The quantitative estimate of drug-likeness (QED) is 0.713. The highest BCUT2D eigenvalue weighted by atomic mass is 16.3. The summed E-state index contributed by atoms with van der Waals surface area (Å²) >= 11 is 0. The molecule has 0 aromatic rings. The largest absolute Gasteiger partial charge is 0.389 e. The van der Waals surface area contributed by atoms with Crippen molar-refractivity contribution in [2.45, 2.75) is 66.9 Å². The molecule has 0 aliphatic heterocycles. The molecular weight excluding hydrogens is 196 g/mol. The molecule has 0 saturated heterocycles. The molecule has 0 fully saturated rings. The third kappa shape index (κ3) is 2.51. The zero-order chi connectivity index (χ0) is 12.6. The molecule has 94 valence electrons. The van der Waals surface area contributed by atoms with E-state index in [-0.39, 0.29) is 16.9 Å². The lowest BCUT2D eigenvalue weighted by Crippen LogP contribution is -2.42. The minimum Gasteiger partial charge on any atom is -0.389 e. The molecule has 1 nitrogen and oxygen atoms in total. The van der Waals surface area contributed by atoms with E-state index >= 15 is 0 Å². The van der Waals surface area contributed by atoms with Crippen LogP contribution in [0.25, 0.3) is 0 Å². The summed E-state index contributed by atoms with van der Waals surface area (Å²) in [5.41, 5.74) is 1.81. The molecule has 1 aliphatic rings. The zero-order valence-corrected chi connectivity index (χ0v) is 11.8. The van der Waals surface area contributed by atoms with Gasteiger partial charge in [-0.25, -0.2) is 0 Å². The summed E-state index contributed by atoms with van der Waals surface area (Å²) in [6.07, 6.45) is 5.19. The number of rotatable bonds is 3. The molecule has 0 aromatic heterocycles. The first-order valence-corrected chi connectivity index (χ1v) is 6.56. The molecule has 0 bridgehead atoms. The molecule has 1 unspecified atom stereocenters. The van der Waals surface area contributed by atoms with Crippen LogP contribution in [0.2, 0.25) is 0 Å². The van der Waals surface area contributed by atoms with Crippen LogP contribution in [0.3, 0.4) is 0 Å². The maximum absolute atomic E-state index is 9.85. The van der Waals surface area contributed by atoms with Gasteiger partial charge in [0.2, 0.25) is 0 Å². The van der Waals surface area contributed by atoms with Gasteiger partial charge in [-0.2, -0.15) is 0 Å². The van der Waals surface area contributed by atoms with E-state index in [2.05, 4.69) is 47.6 Å². The Labute approximate surface area is 101 Å². The van der Waals surface area contributed by atoms with Gasteiger partial charge in [-0.05, 0) is 36.5 Å². The van der Waals surface area contributed by atoms with Gasteiger partial charge in [0.1, 0.15) is 0 Å². The van der Waals surface area contributed by atoms with Gasteiger partial charge >= 0.3 is 0 Å². The number of aliphatic hydroxyl groups is 1. The van der Waals surface area contributed by atoms with Gasteiger partial charge in [0, 0.05) is 0 Å². The number of hydrogen-bond donors (Lipinski definition) is 1. The van der Waals surface area contributed by atoms with E-state index in [0.29, 0.717) is 0 Å². The van der Waals surface area contributed by atoms with Crippen LogP contribution in [0.5, 0.6) is 0 Å². The van der Waals surface area contributed by atoms with Gasteiger partial charge in [0.15, 0.2) is 0 Å². The second kappa shape index (κ2) is 4.52. The van der Waals surface area contributed by atoms with E-state index in [1.54, 1.807) is 0 Å². The van der Waals surface area contributed by atoms with Crippen LogP contribution in [-0.4, -0.2) is 11.2 Å². The SMILES string of the molecule is CC1=C[C@@H](O)CC(C)(C)C1(C)CCC(C)C. The van der Waals surface area contributed by atoms with E-state index in [1.165, 1.54) is 18.4 Å². The van der Waals surface area contributed by atoms with Crippen LogP contribution in [-0.2, 0) is 0 Å². The van der Waals surface area contributed by atoms with Gasteiger partial charge in [0.05, 0.1) is 6.10 Å². The van der Waals surface area contributed by atoms with E-state index in [1.807, 2.05) is 0 Å². The molecule has 0 saturated carbocycles. The molecule has 0 heterocycles. The van der Waals surface area contributed by atoms with Gasteiger partial charge < -0.3 is 5.11 Å². The fourth-order valence-corrected chi connectivity index (χ4v) is 2.93. The Hall–Kier alpha value is -0.300. The lowest BCUT2D eigenvalue weighted by atomic mass is 9.55. The minimum absolute atomic E-state index is 0.195. The van der Waals surface area contributed by atoms with Crippen molar-refractivity contribution in [3.05, 3.63) is 11.6 Å². The summed E-state index contributed by atoms with van der Waals surface area (Å²) in [5.74, 6) is 0.757. The second-order valence-corrected chi connectivity index (χ2v) is 6.77. The molecular formula is C15H28O. The second-order valence-electron chi connectivity index (χ2n) is 6.77. The third-order valence-corrected chi connectivity index (χ3v) is 4.75. The van der Waals surface area contributed by atoms with E-state index in [0.717, 1.165) is 12.3 Å². The van der Waals surface area contributed by atoms with Crippen molar-refractivity contribution in [1.82, 2.24) is 0 Å². The van der Waals surface area contributed by atoms with E-state index in [9.17, 15) is 5.11 Å². The van der Waals surface area contributed by atoms with Crippen LogP contribution < -0.4 is 0 Å².